The molecule has 148 valence electrons. The van der Waals surface area contributed by atoms with Crippen LogP contribution in [0.1, 0.15) is 12.4 Å². The van der Waals surface area contributed by atoms with Gasteiger partial charge >= 0.3 is 6.55 Å². The Labute approximate surface area is 173 Å². The maximum Gasteiger partial charge on any atom is 0.321 e. The van der Waals surface area contributed by atoms with E-state index in [2.05, 4.69) is 25.3 Å². The van der Waals surface area contributed by atoms with E-state index >= 15 is 0 Å². The third kappa shape index (κ3) is 4.38. The van der Waals surface area contributed by atoms with E-state index in [9.17, 15) is 8.78 Å². The summed E-state index contributed by atoms with van der Waals surface area (Å²) in [6.45, 7) is -2.71. The van der Waals surface area contributed by atoms with E-state index in [-0.39, 0.29) is 22.8 Å². The number of nitrogen functional groups attached to an aromatic ring is 1. The fourth-order valence-corrected chi connectivity index (χ4v) is 3.66. The molecule has 0 fully saturated rings. The van der Waals surface area contributed by atoms with Crippen LogP contribution in [0.3, 0.4) is 0 Å². The van der Waals surface area contributed by atoms with Gasteiger partial charge in [-0.1, -0.05) is 35.5 Å². The first-order valence-electron chi connectivity index (χ1n) is 8.40. The number of hydrogen-bond acceptors (Lipinski definition) is 7. The van der Waals surface area contributed by atoms with E-state index < -0.39 is 6.55 Å². The first-order chi connectivity index (χ1) is 14.0. The Kier molecular flexibility index (Phi) is 5.45. The van der Waals surface area contributed by atoms with Crippen LogP contribution in [-0.2, 0) is 5.75 Å². The number of thioether (sulfide) groups is 1. The van der Waals surface area contributed by atoms with Gasteiger partial charge in [0.2, 0.25) is 11.9 Å². The molecule has 0 amide bonds. The molecule has 4 rings (SSSR count). The topological polar surface area (TPSA) is 94.5 Å². The van der Waals surface area contributed by atoms with Crippen molar-refractivity contribution in [1.29, 1.82) is 0 Å². The number of imidazole rings is 1. The Morgan fingerprint density at radius 1 is 1.03 bits per heavy atom. The molecular weight excluding hydrogens is 420 g/mol. The van der Waals surface area contributed by atoms with Crippen molar-refractivity contribution in [3.8, 4) is 0 Å². The van der Waals surface area contributed by atoms with Crippen molar-refractivity contribution in [2.24, 2.45) is 0 Å². The number of nitrogens with zero attached hydrogens (tertiary/aromatic N) is 5. The highest BCUT2D eigenvalue weighted by molar-refractivity contribution is 7.98. The minimum atomic E-state index is -2.71. The lowest BCUT2D eigenvalue weighted by Gasteiger charge is -2.09. The lowest BCUT2D eigenvalue weighted by atomic mass is 10.3. The van der Waals surface area contributed by atoms with E-state index in [0.717, 1.165) is 22.0 Å². The van der Waals surface area contributed by atoms with Crippen molar-refractivity contribution < 1.29 is 8.78 Å². The number of hydrogen-bond donors (Lipinski definition) is 2. The molecule has 7 nitrogen and oxygen atoms in total. The predicted molar refractivity (Wildman–Crippen MR) is 110 cm³/mol. The van der Waals surface area contributed by atoms with Gasteiger partial charge in [-0.15, -0.1) is 0 Å². The SMILES string of the molecule is Nc1nc(CSc2nc3ccccc3n2C(F)F)nc(Nc2ccc(Cl)cc2)n1. The van der Waals surface area contributed by atoms with Crippen molar-refractivity contribution in [1.82, 2.24) is 24.5 Å². The van der Waals surface area contributed by atoms with Gasteiger partial charge in [-0.25, -0.2) is 4.98 Å². The van der Waals surface area contributed by atoms with Gasteiger partial charge in [0.25, 0.3) is 0 Å². The lowest BCUT2D eigenvalue weighted by Crippen LogP contribution is -2.07. The van der Waals surface area contributed by atoms with Crippen LogP contribution >= 0.6 is 23.4 Å². The largest absolute Gasteiger partial charge is 0.368 e. The monoisotopic (exact) mass is 433 g/mol. The Morgan fingerprint density at radius 2 is 1.79 bits per heavy atom. The fourth-order valence-electron chi connectivity index (χ4n) is 2.66. The molecule has 0 bridgehead atoms. The molecular formula is C18H14ClF2N7S. The van der Waals surface area contributed by atoms with Gasteiger partial charge in [-0.3, -0.25) is 4.57 Å². The van der Waals surface area contributed by atoms with Crippen molar-refractivity contribution in [3.05, 3.63) is 59.4 Å². The molecule has 0 aliphatic rings. The number of para-hydroxylation sites is 2. The first kappa shape index (κ1) is 19.3. The number of nitrogens with one attached hydrogen (secondary N) is 1. The average Bonchev–Trinajstić information content (AvgIpc) is 3.06. The summed E-state index contributed by atoms with van der Waals surface area (Å²) in [5, 5.41) is 3.79. The normalized spacial score (nSPS) is 11.3. The third-order valence-corrected chi connectivity index (χ3v) is 5.09. The Hall–Kier alpha value is -2.98. The number of halogens is 3. The molecule has 3 N–H and O–H groups in total. The summed E-state index contributed by atoms with van der Waals surface area (Å²) in [5.41, 5.74) is 7.35. The standard InChI is InChI=1S/C18H14ClF2N7S/c19-10-5-7-11(8-6-10)23-17-26-14(25-16(22)27-17)9-29-18-24-12-3-1-2-4-13(12)28(18)15(20)21/h1-8,15H,9H2,(H3,22,23,25,26,27). The number of aromatic nitrogens is 5. The van der Waals surface area contributed by atoms with Gasteiger partial charge in [-0.2, -0.15) is 23.7 Å². The quantitative estimate of drug-likeness (QED) is 0.418. The summed E-state index contributed by atoms with van der Waals surface area (Å²) in [4.78, 5) is 16.7. The maximum atomic E-state index is 13.5. The predicted octanol–water partition coefficient (Wildman–Crippen LogP) is 4.89. The van der Waals surface area contributed by atoms with Crippen molar-refractivity contribution in [3.63, 3.8) is 0 Å². The molecule has 0 saturated heterocycles. The Bertz CT molecular complexity index is 1150. The zero-order valence-corrected chi connectivity index (χ0v) is 16.3. The number of nitrogens with two attached hydrogens (primary N) is 1. The van der Waals surface area contributed by atoms with Crippen LogP contribution in [0.2, 0.25) is 5.02 Å². The highest BCUT2D eigenvalue weighted by Crippen LogP contribution is 2.30. The molecule has 0 radical (unpaired) electrons. The smallest absolute Gasteiger partial charge is 0.321 e. The second-order valence-electron chi connectivity index (χ2n) is 5.88. The molecule has 0 aliphatic heterocycles. The van der Waals surface area contributed by atoms with Gasteiger partial charge < -0.3 is 11.1 Å². The molecule has 2 aromatic heterocycles. The van der Waals surface area contributed by atoms with Crippen LogP contribution in [0.15, 0.2) is 53.7 Å². The second kappa shape index (κ2) is 8.18. The minimum Gasteiger partial charge on any atom is -0.368 e. The zero-order valence-electron chi connectivity index (χ0n) is 14.8. The van der Waals surface area contributed by atoms with Crippen molar-refractivity contribution in [2.45, 2.75) is 17.5 Å². The summed E-state index contributed by atoms with van der Waals surface area (Å²) in [5.74, 6) is 0.803. The van der Waals surface area contributed by atoms with Gasteiger partial charge in [0.15, 0.2) is 5.16 Å². The summed E-state index contributed by atoms with van der Waals surface area (Å²) < 4.78 is 28.0. The number of fused-ring (bicyclic) bond motifs is 1. The number of anilines is 3. The number of benzene rings is 2. The average molecular weight is 434 g/mol. The van der Waals surface area contributed by atoms with Crippen molar-refractivity contribution >= 4 is 52.0 Å². The van der Waals surface area contributed by atoms with E-state index in [4.69, 9.17) is 17.3 Å². The molecule has 11 heteroatoms. The van der Waals surface area contributed by atoms with Gasteiger partial charge in [0.05, 0.1) is 16.8 Å². The van der Waals surface area contributed by atoms with Crippen LogP contribution in [-0.4, -0.2) is 24.5 Å². The van der Waals surface area contributed by atoms with Gasteiger partial charge in [0.1, 0.15) is 5.82 Å². The Balaban J connectivity index is 1.56. The van der Waals surface area contributed by atoms with Crippen LogP contribution in [0.5, 0.6) is 0 Å². The molecule has 0 atom stereocenters. The minimum absolute atomic E-state index is 0.0226. The van der Waals surface area contributed by atoms with E-state index in [1.54, 1.807) is 48.5 Å². The molecule has 2 heterocycles. The summed E-state index contributed by atoms with van der Waals surface area (Å²) in [7, 11) is 0. The Morgan fingerprint density at radius 3 is 2.55 bits per heavy atom. The zero-order chi connectivity index (χ0) is 20.4. The van der Waals surface area contributed by atoms with E-state index in [1.807, 2.05) is 0 Å². The molecule has 0 aliphatic carbocycles. The van der Waals surface area contributed by atoms with Gasteiger partial charge in [0, 0.05) is 10.7 Å². The lowest BCUT2D eigenvalue weighted by molar-refractivity contribution is 0.0656. The molecule has 0 unspecified atom stereocenters. The highest BCUT2D eigenvalue weighted by atomic mass is 35.5. The maximum absolute atomic E-state index is 13.5. The van der Waals surface area contributed by atoms with E-state index in [0.29, 0.717) is 21.9 Å². The molecule has 4 aromatic rings. The molecule has 2 aromatic carbocycles. The van der Waals surface area contributed by atoms with Crippen LogP contribution in [0.4, 0.5) is 26.4 Å². The first-order valence-corrected chi connectivity index (χ1v) is 9.77. The summed E-state index contributed by atoms with van der Waals surface area (Å²) in [6.07, 6.45) is 0. The third-order valence-electron chi connectivity index (χ3n) is 3.89. The summed E-state index contributed by atoms with van der Waals surface area (Å²) >= 11 is 6.97. The summed E-state index contributed by atoms with van der Waals surface area (Å²) in [6, 6.07) is 13.7. The number of rotatable bonds is 6. The van der Waals surface area contributed by atoms with Gasteiger partial charge in [-0.05, 0) is 36.4 Å². The molecule has 0 spiro atoms. The van der Waals surface area contributed by atoms with Crippen molar-refractivity contribution in [2.75, 3.05) is 11.1 Å². The molecule has 0 saturated carbocycles. The van der Waals surface area contributed by atoms with Crippen LogP contribution in [0.25, 0.3) is 11.0 Å². The fraction of sp³-hybridized carbons (Fsp3) is 0.111. The second-order valence-corrected chi connectivity index (χ2v) is 7.26. The van der Waals surface area contributed by atoms with Crippen LogP contribution < -0.4 is 11.1 Å². The van der Waals surface area contributed by atoms with E-state index in [1.165, 1.54) is 0 Å². The highest BCUT2D eigenvalue weighted by Gasteiger charge is 2.18. The molecule has 29 heavy (non-hydrogen) atoms. The van der Waals surface area contributed by atoms with Crippen LogP contribution in [0, 0.1) is 0 Å². The number of alkyl halides is 2.